The van der Waals surface area contributed by atoms with E-state index in [-0.39, 0.29) is 10.6 Å². The Labute approximate surface area is 152 Å². The van der Waals surface area contributed by atoms with E-state index in [4.69, 9.17) is 4.74 Å². The Bertz CT molecular complexity index is 790. The van der Waals surface area contributed by atoms with Crippen molar-refractivity contribution in [2.24, 2.45) is 4.99 Å². The molecule has 0 saturated carbocycles. The molecule has 0 saturated heterocycles. The van der Waals surface area contributed by atoms with Gasteiger partial charge in [-0.1, -0.05) is 49.1 Å². The molecule has 26 heavy (non-hydrogen) atoms. The summed E-state index contributed by atoms with van der Waals surface area (Å²) >= 11 is 0. The highest BCUT2D eigenvalue weighted by atomic mass is 16.6. The Hall–Kier alpha value is -3.35. The highest BCUT2D eigenvalue weighted by Gasteiger charge is 2.12. The first kappa shape index (κ1) is 19.0. The van der Waals surface area contributed by atoms with E-state index < -0.39 is 0 Å². The number of nitro benzene ring substituents is 1. The Morgan fingerprint density at radius 1 is 1.15 bits per heavy atom. The molecule has 0 fully saturated rings. The Morgan fingerprint density at radius 3 is 2.42 bits per heavy atom. The van der Waals surface area contributed by atoms with Gasteiger partial charge in [0.1, 0.15) is 12.4 Å². The lowest BCUT2D eigenvalue weighted by Crippen LogP contribution is -2.36. The molecule has 0 aliphatic heterocycles. The predicted octanol–water partition coefficient (Wildman–Crippen LogP) is 3.02. The largest absolute Gasteiger partial charge is 0.489 e. The van der Waals surface area contributed by atoms with Gasteiger partial charge in [-0.15, -0.1) is 0 Å². The predicted molar refractivity (Wildman–Crippen MR) is 102 cm³/mol. The van der Waals surface area contributed by atoms with Gasteiger partial charge in [0.05, 0.1) is 4.92 Å². The van der Waals surface area contributed by atoms with Crippen LogP contribution in [0.15, 0.2) is 66.2 Å². The molecule has 2 rings (SSSR count). The summed E-state index contributed by atoms with van der Waals surface area (Å²) in [5.74, 6) is 1.32. The van der Waals surface area contributed by atoms with Crippen LogP contribution in [0.1, 0.15) is 11.1 Å². The number of hydrogen-bond donors (Lipinski definition) is 2. The summed E-state index contributed by atoms with van der Waals surface area (Å²) in [5, 5.41) is 17.4. The fraction of sp³-hybridized carbons (Fsp3) is 0.211. The Balaban J connectivity index is 1.97. The highest BCUT2D eigenvalue weighted by Crippen LogP contribution is 2.18. The van der Waals surface area contributed by atoms with Gasteiger partial charge in [0.25, 0.3) is 5.69 Å². The summed E-state index contributed by atoms with van der Waals surface area (Å²) in [4.78, 5) is 14.8. The topological polar surface area (TPSA) is 88.8 Å². The van der Waals surface area contributed by atoms with Crippen molar-refractivity contribution in [1.29, 1.82) is 0 Å². The van der Waals surface area contributed by atoms with Gasteiger partial charge in [-0.25, -0.2) is 0 Å². The lowest BCUT2D eigenvalue weighted by Gasteiger charge is -2.14. The fourth-order valence-electron chi connectivity index (χ4n) is 2.36. The van der Waals surface area contributed by atoms with E-state index in [0.29, 0.717) is 31.2 Å². The Kier molecular flexibility index (Phi) is 7.17. The van der Waals surface area contributed by atoms with Gasteiger partial charge in [0.15, 0.2) is 5.96 Å². The second kappa shape index (κ2) is 9.83. The maximum Gasteiger partial charge on any atom is 0.274 e. The number of nitrogens with zero attached hydrogens (tertiary/aromatic N) is 2. The molecule has 0 aliphatic carbocycles. The van der Waals surface area contributed by atoms with Crippen LogP contribution in [0.3, 0.4) is 0 Å². The van der Waals surface area contributed by atoms with Crippen molar-refractivity contribution in [3.63, 3.8) is 0 Å². The first-order chi connectivity index (χ1) is 12.7. The quantitative estimate of drug-likeness (QED) is 0.250. The molecule has 7 heteroatoms. The summed E-state index contributed by atoms with van der Waals surface area (Å²) in [7, 11) is 1.65. The molecule has 2 aromatic rings. The molecule has 136 valence electrons. The molecular weight excluding hydrogens is 332 g/mol. The molecule has 0 amide bonds. The molecule has 0 aliphatic rings. The average Bonchev–Trinajstić information content (AvgIpc) is 2.67. The van der Waals surface area contributed by atoms with Crippen molar-refractivity contribution in [3.8, 4) is 5.75 Å². The molecular formula is C19H22N4O3. The monoisotopic (exact) mass is 354 g/mol. The molecule has 0 spiro atoms. The normalized spacial score (nSPS) is 10.9. The average molecular weight is 354 g/mol. The summed E-state index contributed by atoms with van der Waals surface area (Å²) in [6.07, 6.45) is 1.69. The van der Waals surface area contributed by atoms with Crippen LogP contribution in [-0.2, 0) is 13.1 Å². The van der Waals surface area contributed by atoms with Gasteiger partial charge in [-0.2, -0.15) is 0 Å². The highest BCUT2D eigenvalue weighted by molar-refractivity contribution is 5.79. The zero-order valence-corrected chi connectivity index (χ0v) is 14.6. The molecule has 0 heterocycles. The van der Waals surface area contributed by atoms with Crippen LogP contribution in [0.4, 0.5) is 5.69 Å². The summed E-state index contributed by atoms with van der Waals surface area (Å²) in [6, 6.07) is 14.3. The lowest BCUT2D eigenvalue weighted by atomic mass is 10.2. The number of nitro groups is 1. The fourth-order valence-corrected chi connectivity index (χ4v) is 2.36. The molecule has 0 atom stereocenters. The van der Waals surface area contributed by atoms with E-state index in [1.165, 1.54) is 6.07 Å². The lowest BCUT2D eigenvalue weighted by molar-refractivity contribution is -0.385. The van der Waals surface area contributed by atoms with E-state index >= 15 is 0 Å². The zero-order chi connectivity index (χ0) is 18.8. The third-order valence-corrected chi connectivity index (χ3v) is 3.63. The molecule has 0 radical (unpaired) electrons. The third kappa shape index (κ3) is 5.34. The third-order valence-electron chi connectivity index (χ3n) is 3.63. The van der Waals surface area contributed by atoms with Crippen LogP contribution < -0.4 is 15.4 Å². The van der Waals surface area contributed by atoms with E-state index in [1.807, 2.05) is 24.3 Å². The first-order valence-electron chi connectivity index (χ1n) is 8.14. The number of hydrogen-bond acceptors (Lipinski definition) is 4. The second-order valence-electron chi connectivity index (χ2n) is 5.37. The second-order valence-corrected chi connectivity index (χ2v) is 5.37. The van der Waals surface area contributed by atoms with Gasteiger partial charge in [-0.05, 0) is 6.07 Å². The maximum absolute atomic E-state index is 11.1. The first-order valence-corrected chi connectivity index (χ1v) is 8.14. The van der Waals surface area contributed by atoms with Gasteiger partial charge in [0, 0.05) is 37.3 Å². The SMILES string of the molecule is C=CCOc1ccccc1CNC(=NC)NCc1ccccc1[N+](=O)[O-]. The van der Waals surface area contributed by atoms with E-state index in [1.54, 1.807) is 31.3 Å². The molecule has 0 unspecified atom stereocenters. The number of para-hydroxylation sites is 2. The number of benzene rings is 2. The Morgan fingerprint density at radius 2 is 1.77 bits per heavy atom. The van der Waals surface area contributed by atoms with Gasteiger partial charge >= 0.3 is 0 Å². The summed E-state index contributed by atoms with van der Waals surface area (Å²) in [6.45, 7) is 4.88. The van der Waals surface area contributed by atoms with Crippen molar-refractivity contribution in [2.45, 2.75) is 13.1 Å². The van der Waals surface area contributed by atoms with Crippen molar-refractivity contribution in [1.82, 2.24) is 10.6 Å². The van der Waals surface area contributed by atoms with E-state index in [0.717, 1.165) is 11.3 Å². The summed E-state index contributed by atoms with van der Waals surface area (Å²) < 4.78 is 5.63. The van der Waals surface area contributed by atoms with Crippen LogP contribution in [0.25, 0.3) is 0 Å². The molecule has 0 aromatic heterocycles. The standard InChI is InChI=1S/C19H22N4O3/c1-3-12-26-18-11-7-5-9-16(18)14-22-19(20-2)21-13-15-8-4-6-10-17(15)23(24)25/h3-11H,1,12-14H2,2H3,(H2,20,21,22). The maximum atomic E-state index is 11.1. The number of rotatable bonds is 8. The molecule has 0 bridgehead atoms. The van der Waals surface area contributed by atoms with Crippen LogP contribution in [-0.4, -0.2) is 24.5 Å². The number of nitrogens with one attached hydrogen (secondary N) is 2. The smallest absolute Gasteiger partial charge is 0.274 e. The minimum atomic E-state index is -0.388. The van der Waals surface area contributed by atoms with Crippen LogP contribution in [0, 0.1) is 10.1 Å². The van der Waals surface area contributed by atoms with E-state index in [9.17, 15) is 10.1 Å². The van der Waals surface area contributed by atoms with Crippen molar-refractivity contribution >= 4 is 11.6 Å². The van der Waals surface area contributed by atoms with Crippen LogP contribution in [0.5, 0.6) is 5.75 Å². The molecule has 2 N–H and O–H groups in total. The van der Waals surface area contributed by atoms with Gasteiger partial charge in [-0.3, -0.25) is 15.1 Å². The van der Waals surface area contributed by atoms with Crippen molar-refractivity contribution in [3.05, 3.63) is 82.4 Å². The van der Waals surface area contributed by atoms with Crippen LogP contribution in [0.2, 0.25) is 0 Å². The number of aliphatic imine (C=N–C) groups is 1. The van der Waals surface area contributed by atoms with Gasteiger partial charge < -0.3 is 15.4 Å². The minimum Gasteiger partial charge on any atom is -0.489 e. The minimum absolute atomic E-state index is 0.0821. The zero-order valence-electron chi connectivity index (χ0n) is 14.6. The number of ether oxygens (including phenoxy) is 1. The molecule has 7 nitrogen and oxygen atoms in total. The van der Waals surface area contributed by atoms with Crippen molar-refractivity contribution < 1.29 is 9.66 Å². The van der Waals surface area contributed by atoms with Crippen LogP contribution >= 0.6 is 0 Å². The molecule has 2 aromatic carbocycles. The number of guanidine groups is 1. The summed E-state index contributed by atoms with van der Waals surface area (Å²) in [5.41, 5.74) is 1.65. The van der Waals surface area contributed by atoms with Gasteiger partial charge in [0.2, 0.25) is 0 Å². The van der Waals surface area contributed by atoms with Crippen molar-refractivity contribution in [2.75, 3.05) is 13.7 Å². The van der Waals surface area contributed by atoms with E-state index in [2.05, 4.69) is 22.2 Å².